The van der Waals surface area contributed by atoms with Crippen LogP contribution < -0.4 is 16.1 Å². The number of halogens is 1. The third-order valence-corrected chi connectivity index (χ3v) is 5.36. The molecule has 2 aromatic carbocycles. The van der Waals surface area contributed by atoms with Gasteiger partial charge in [-0.1, -0.05) is 18.2 Å². The van der Waals surface area contributed by atoms with Crippen molar-refractivity contribution >= 4 is 11.6 Å². The topological polar surface area (TPSA) is 98.6 Å². The van der Waals surface area contributed by atoms with Crippen LogP contribution in [0.2, 0.25) is 0 Å². The first-order chi connectivity index (χ1) is 14.9. The van der Waals surface area contributed by atoms with E-state index in [1.165, 1.54) is 18.2 Å². The lowest BCUT2D eigenvalue weighted by atomic mass is 10.2. The van der Waals surface area contributed by atoms with Crippen molar-refractivity contribution in [3.63, 3.8) is 0 Å². The monoisotopic (exact) mass is 424 g/mol. The third-order valence-electron chi connectivity index (χ3n) is 5.36. The Kier molecular flexibility index (Phi) is 5.57. The number of H-pyrrole nitrogens is 1. The summed E-state index contributed by atoms with van der Waals surface area (Å²) in [5.41, 5.74) is -0.502. The molecule has 8 nitrogen and oxygen atoms in total. The summed E-state index contributed by atoms with van der Waals surface area (Å²) in [4.78, 5) is 44.0. The summed E-state index contributed by atoms with van der Waals surface area (Å²) in [5.74, 6) is -0.827. The largest absolute Gasteiger partial charge is 0.508 e. The number of carbonyl (C=O) groups is 1. The molecule has 2 N–H and O–H groups in total. The second kappa shape index (κ2) is 8.47. The molecule has 0 radical (unpaired) electrons. The number of phenolic OH excluding ortho intramolecular Hbond substituents is 1. The molecular formula is C22H21FN4O4. The minimum atomic E-state index is -0.752. The Labute approximate surface area is 176 Å². The molecule has 1 amide bonds. The van der Waals surface area contributed by atoms with Crippen LogP contribution in [0.25, 0.3) is 0 Å². The van der Waals surface area contributed by atoms with Crippen LogP contribution in [-0.4, -0.2) is 51.6 Å². The van der Waals surface area contributed by atoms with Gasteiger partial charge in [0.2, 0.25) is 0 Å². The van der Waals surface area contributed by atoms with Crippen molar-refractivity contribution in [2.75, 3.05) is 31.1 Å². The Balaban J connectivity index is 1.52. The first kappa shape index (κ1) is 20.4. The molecule has 0 unspecified atom stereocenters. The first-order valence-electron chi connectivity index (χ1n) is 9.83. The number of rotatable bonds is 4. The molecule has 31 heavy (non-hydrogen) atoms. The number of nitrogens with zero attached hydrogens (tertiary/aromatic N) is 3. The average molecular weight is 424 g/mol. The quantitative estimate of drug-likeness (QED) is 0.660. The van der Waals surface area contributed by atoms with Gasteiger partial charge < -0.3 is 19.9 Å². The van der Waals surface area contributed by atoms with Crippen LogP contribution >= 0.6 is 0 Å². The molecule has 160 valence electrons. The molecular weight excluding hydrogens is 403 g/mol. The predicted molar refractivity (Wildman–Crippen MR) is 113 cm³/mol. The number of nitrogens with one attached hydrogen (secondary N) is 1. The molecule has 0 saturated carbocycles. The van der Waals surface area contributed by atoms with E-state index in [-0.39, 0.29) is 23.4 Å². The zero-order valence-corrected chi connectivity index (χ0v) is 16.6. The van der Waals surface area contributed by atoms with E-state index in [4.69, 9.17) is 0 Å². The summed E-state index contributed by atoms with van der Waals surface area (Å²) in [7, 11) is 0. The number of aromatic amines is 1. The second-order valence-electron chi connectivity index (χ2n) is 7.29. The number of amides is 1. The Morgan fingerprint density at radius 1 is 1.00 bits per heavy atom. The highest BCUT2D eigenvalue weighted by molar-refractivity contribution is 5.93. The van der Waals surface area contributed by atoms with E-state index in [1.807, 2.05) is 0 Å². The molecule has 1 aliphatic heterocycles. The standard InChI is InChI=1S/C22H21FN4O4/c23-19-4-2-1-3-15(19)14-27-21(30)18(13-24-22(27)31)20(29)26-11-9-25(10-12-26)16-5-7-17(28)8-6-16/h1-8,13,28H,9-12,14H2,(H,24,31). The van der Waals surface area contributed by atoms with Crippen molar-refractivity contribution in [2.45, 2.75) is 6.54 Å². The molecule has 0 bridgehead atoms. The van der Waals surface area contributed by atoms with Gasteiger partial charge in [-0.3, -0.25) is 14.2 Å². The number of benzene rings is 2. The number of hydrogen-bond donors (Lipinski definition) is 2. The van der Waals surface area contributed by atoms with Gasteiger partial charge in [-0.25, -0.2) is 9.18 Å². The van der Waals surface area contributed by atoms with Crippen molar-refractivity contribution in [1.29, 1.82) is 0 Å². The summed E-state index contributed by atoms with van der Waals surface area (Å²) in [6, 6.07) is 12.7. The van der Waals surface area contributed by atoms with Gasteiger partial charge in [0.15, 0.2) is 0 Å². The van der Waals surface area contributed by atoms with Gasteiger partial charge in [0.1, 0.15) is 17.1 Å². The summed E-state index contributed by atoms with van der Waals surface area (Å²) in [5, 5.41) is 9.42. The lowest BCUT2D eigenvalue weighted by Gasteiger charge is -2.36. The maximum atomic E-state index is 14.0. The molecule has 3 aromatic rings. The highest BCUT2D eigenvalue weighted by atomic mass is 19.1. The van der Waals surface area contributed by atoms with Gasteiger partial charge in [-0.05, 0) is 30.3 Å². The predicted octanol–water partition coefficient (Wildman–Crippen LogP) is 1.39. The van der Waals surface area contributed by atoms with E-state index in [0.717, 1.165) is 16.5 Å². The molecule has 4 rings (SSSR count). The van der Waals surface area contributed by atoms with Crippen LogP contribution in [0.3, 0.4) is 0 Å². The van der Waals surface area contributed by atoms with Crippen LogP contribution in [0.5, 0.6) is 5.75 Å². The Morgan fingerprint density at radius 3 is 2.35 bits per heavy atom. The number of phenols is 1. The second-order valence-corrected chi connectivity index (χ2v) is 7.29. The fourth-order valence-corrected chi connectivity index (χ4v) is 3.61. The van der Waals surface area contributed by atoms with Gasteiger partial charge in [-0.15, -0.1) is 0 Å². The Bertz CT molecular complexity index is 1210. The molecule has 2 heterocycles. The summed E-state index contributed by atoms with van der Waals surface area (Å²) in [6.07, 6.45) is 1.12. The van der Waals surface area contributed by atoms with Gasteiger partial charge in [0, 0.05) is 43.6 Å². The van der Waals surface area contributed by atoms with Crippen LogP contribution in [0.15, 0.2) is 64.3 Å². The van der Waals surface area contributed by atoms with E-state index in [1.54, 1.807) is 35.2 Å². The van der Waals surface area contributed by atoms with Gasteiger partial charge in [0.25, 0.3) is 11.5 Å². The first-order valence-corrected chi connectivity index (χ1v) is 9.83. The molecule has 1 saturated heterocycles. The zero-order valence-electron chi connectivity index (χ0n) is 16.6. The Hall–Kier alpha value is -3.88. The van der Waals surface area contributed by atoms with Gasteiger partial charge in [-0.2, -0.15) is 0 Å². The average Bonchev–Trinajstić information content (AvgIpc) is 2.78. The molecule has 1 fully saturated rings. The molecule has 1 aromatic heterocycles. The summed E-state index contributed by atoms with van der Waals surface area (Å²) >= 11 is 0. The molecule has 9 heteroatoms. The normalized spacial score (nSPS) is 14.0. The van der Waals surface area contributed by atoms with Crippen LogP contribution in [0, 0.1) is 5.82 Å². The third kappa shape index (κ3) is 4.20. The smallest absolute Gasteiger partial charge is 0.328 e. The lowest BCUT2D eigenvalue weighted by Crippen LogP contribution is -2.50. The molecule has 0 aliphatic carbocycles. The van der Waals surface area contributed by atoms with Crippen LogP contribution in [0.4, 0.5) is 10.1 Å². The number of piperazine rings is 1. The highest BCUT2D eigenvalue weighted by Gasteiger charge is 2.25. The number of carbonyl (C=O) groups excluding carboxylic acids is 1. The maximum Gasteiger partial charge on any atom is 0.328 e. The fourth-order valence-electron chi connectivity index (χ4n) is 3.61. The van der Waals surface area contributed by atoms with Crippen molar-refractivity contribution in [1.82, 2.24) is 14.5 Å². The number of hydrogen-bond acceptors (Lipinski definition) is 5. The van der Waals surface area contributed by atoms with E-state index in [9.17, 15) is 23.9 Å². The minimum absolute atomic E-state index is 0.158. The van der Waals surface area contributed by atoms with Crippen LogP contribution in [-0.2, 0) is 6.54 Å². The summed E-state index contributed by atoms with van der Waals surface area (Å²) in [6.45, 7) is 1.64. The van der Waals surface area contributed by atoms with Crippen LogP contribution in [0.1, 0.15) is 15.9 Å². The van der Waals surface area contributed by atoms with Crippen molar-refractivity contribution in [2.24, 2.45) is 0 Å². The maximum absolute atomic E-state index is 14.0. The number of aromatic nitrogens is 2. The lowest BCUT2D eigenvalue weighted by molar-refractivity contribution is 0.0743. The van der Waals surface area contributed by atoms with Gasteiger partial charge in [0.05, 0.1) is 6.54 Å². The fraction of sp³-hybridized carbons (Fsp3) is 0.227. The van der Waals surface area contributed by atoms with E-state index < -0.39 is 23.0 Å². The number of aromatic hydroxyl groups is 1. The SMILES string of the molecule is O=C(c1c[nH]c(=O)n(Cc2ccccc2F)c1=O)N1CCN(c2ccc(O)cc2)CC1. The van der Waals surface area contributed by atoms with Gasteiger partial charge >= 0.3 is 5.69 Å². The minimum Gasteiger partial charge on any atom is -0.508 e. The molecule has 0 spiro atoms. The highest BCUT2D eigenvalue weighted by Crippen LogP contribution is 2.20. The van der Waals surface area contributed by atoms with E-state index in [0.29, 0.717) is 26.2 Å². The van der Waals surface area contributed by atoms with Crippen molar-refractivity contribution < 1.29 is 14.3 Å². The zero-order chi connectivity index (χ0) is 22.0. The molecule has 1 aliphatic rings. The summed E-state index contributed by atoms with van der Waals surface area (Å²) < 4.78 is 14.8. The molecule has 0 atom stereocenters. The van der Waals surface area contributed by atoms with Crippen molar-refractivity contribution in [3.8, 4) is 5.75 Å². The number of anilines is 1. The van der Waals surface area contributed by atoms with E-state index >= 15 is 0 Å². The Morgan fingerprint density at radius 2 is 1.68 bits per heavy atom. The van der Waals surface area contributed by atoms with E-state index in [2.05, 4.69) is 9.88 Å². The van der Waals surface area contributed by atoms with Crippen molar-refractivity contribution in [3.05, 3.63) is 92.5 Å².